The Hall–Kier alpha value is -1.11. The molecule has 1 saturated carbocycles. The van der Waals surface area contributed by atoms with Gasteiger partial charge >= 0.3 is 0 Å². The van der Waals surface area contributed by atoms with Gasteiger partial charge in [-0.3, -0.25) is 0 Å². The molecule has 0 aliphatic heterocycles. The maximum atomic E-state index is 10.2. The number of aliphatic hydroxyl groups excluding tert-OH is 1. The highest BCUT2D eigenvalue weighted by molar-refractivity contribution is 7.99. The minimum absolute atomic E-state index is 0.412. The van der Waals surface area contributed by atoms with Crippen LogP contribution < -0.4 is 0 Å². The van der Waals surface area contributed by atoms with E-state index in [9.17, 15) is 5.11 Å². The van der Waals surface area contributed by atoms with Crippen molar-refractivity contribution in [2.75, 3.05) is 5.75 Å². The van der Waals surface area contributed by atoms with E-state index in [1.54, 1.807) is 12.1 Å². The molecule has 1 aliphatic carbocycles. The third-order valence-corrected chi connectivity index (χ3v) is 5.02. The van der Waals surface area contributed by atoms with E-state index in [4.69, 9.17) is 11.6 Å². The second-order valence-corrected chi connectivity index (χ2v) is 6.65. The minimum Gasteiger partial charge on any atom is -0.388 e. The number of tetrazole rings is 1. The zero-order valence-electron chi connectivity index (χ0n) is 11.5. The Balaban J connectivity index is 1.62. The monoisotopic (exact) mass is 324 g/mol. The highest BCUT2D eigenvalue weighted by Crippen LogP contribution is 2.32. The van der Waals surface area contributed by atoms with Crippen molar-refractivity contribution in [1.29, 1.82) is 0 Å². The molecule has 0 radical (unpaired) electrons. The van der Waals surface area contributed by atoms with Crippen LogP contribution in [-0.4, -0.2) is 31.1 Å². The van der Waals surface area contributed by atoms with Gasteiger partial charge in [0.1, 0.15) is 0 Å². The fourth-order valence-corrected chi connectivity index (χ4v) is 3.63. The van der Waals surface area contributed by atoms with Gasteiger partial charge in [0.05, 0.1) is 12.1 Å². The first-order valence-electron chi connectivity index (χ1n) is 7.08. The second-order valence-electron chi connectivity index (χ2n) is 5.22. The van der Waals surface area contributed by atoms with E-state index >= 15 is 0 Å². The Morgan fingerprint density at radius 2 is 2.00 bits per heavy atom. The van der Waals surface area contributed by atoms with Crippen LogP contribution in [0.5, 0.6) is 0 Å². The first-order chi connectivity index (χ1) is 10.2. The number of rotatable bonds is 5. The Kier molecular flexibility index (Phi) is 4.77. The van der Waals surface area contributed by atoms with Crippen LogP contribution in [0, 0.1) is 0 Å². The fourth-order valence-electron chi connectivity index (χ4n) is 2.59. The quantitative estimate of drug-likeness (QED) is 0.855. The van der Waals surface area contributed by atoms with Crippen molar-refractivity contribution in [3.05, 3.63) is 34.9 Å². The van der Waals surface area contributed by atoms with E-state index in [0.29, 0.717) is 16.8 Å². The number of thioether (sulfide) groups is 1. The third kappa shape index (κ3) is 3.56. The van der Waals surface area contributed by atoms with E-state index < -0.39 is 6.10 Å². The fraction of sp³-hybridized carbons (Fsp3) is 0.500. The second kappa shape index (κ2) is 6.77. The molecule has 2 aromatic rings. The molecule has 5 nitrogen and oxygen atoms in total. The lowest BCUT2D eigenvalue weighted by molar-refractivity contribution is 0.204. The van der Waals surface area contributed by atoms with E-state index in [1.165, 1.54) is 24.6 Å². The lowest BCUT2D eigenvalue weighted by Crippen LogP contribution is -2.09. The molecule has 1 aliphatic rings. The van der Waals surface area contributed by atoms with Crippen molar-refractivity contribution in [1.82, 2.24) is 20.2 Å². The van der Waals surface area contributed by atoms with E-state index in [2.05, 4.69) is 15.5 Å². The molecule has 7 heteroatoms. The zero-order valence-corrected chi connectivity index (χ0v) is 13.1. The molecule has 0 amide bonds. The first-order valence-corrected chi connectivity index (χ1v) is 8.44. The topological polar surface area (TPSA) is 63.8 Å². The molecule has 1 unspecified atom stereocenters. The van der Waals surface area contributed by atoms with E-state index in [1.807, 2.05) is 16.8 Å². The summed E-state index contributed by atoms with van der Waals surface area (Å²) in [7, 11) is 0. The Bertz CT molecular complexity index is 583. The van der Waals surface area contributed by atoms with Crippen LogP contribution in [0.15, 0.2) is 29.4 Å². The standard InChI is InChI=1S/C14H17ClN4OS/c15-11-7-5-10(6-8-11)13(20)9-21-14-16-17-18-19(14)12-3-1-2-4-12/h5-8,12-13,20H,1-4,9H2. The van der Waals surface area contributed by atoms with Crippen molar-refractivity contribution < 1.29 is 5.11 Å². The summed E-state index contributed by atoms with van der Waals surface area (Å²) in [6, 6.07) is 7.66. The molecule has 112 valence electrons. The number of halogens is 1. The van der Waals surface area contributed by atoms with Crippen LogP contribution in [0.4, 0.5) is 0 Å². The number of benzene rings is 1. The number of nitrogens with zero attached hydrogens (tertiary/aromatic N) is 4. The predicted molar refractivity (Wildman–Crippen MR) is 82.5 cm³/mol. The van der Waals surface area contributed by atoms with Gasteiger partial charge in [0, 0.05) is 10.8 Å². The molecule has 1 atom stereocenters. The Morgan fingerprint density at radius 3 is 2.71 bits per heavy atom. The molecule has 1 N–H and O–H groups in total. The van der Waals surface area contributed by atoms with Crippen LogP contribution in [0.2, 0.25) is 5.02 Å². The molecular formula is C14H17ClN4OS. The smallest absolute Gasteiger partial charge is 0.209 e. The Labute approximate surface area is 132 Å². The summed E-state index contributed by atoms with van der Waals surface area (Å²) in [6.45, 7) is 0. The molecule has 21 heavy (non-hydrogen) atoms. The summed E-state index contributed by atoms with van der Waals surface area (Å²) in [5, 5.41) is 23.6. The number of aromatic nitrogens is 4. The van der Waals surface area contributed by atoms with Gasteiger partial charge in [0.25, 0.3) is 0 Å². The Morgan fingerprint density at radius 1 is 1.29 bits per heavy atom. The summed E-state index contributed by atoms with van der Waals surface area (Å²) in [6.07, 6.45) is 4.20. The molecule has 0 bridgehead atoms. The van der Waals surface area contributed by atoms with E-state index in [0.717, 1.165) is 23.6 Å². The van der Waals surface area contributed by atoms with Gasteiger partial charge in [-0.2, -0.15) is 0 Å². The minimum atomic E-state index is -0.555. The third-order valence-electron chi connectivity index (χ3n) is 3.76. The van der Waals surface area contributed by atoms with Gasteiger partial charge in [0.15, 0.2) is 0 Å². The summed E-state index contributed by atoms with van der Waals surface area (Å²) >= 11 is 7.34. The molecule has 1 heterocycles. The maximum Gasteiger partial charge on any atom is 0.209 e. The van der Waals surface area contributed by atoms with Crippen molar-refractivity contribution in [2.24, 2.45) is 0 Å². The van der Waals surface area contributed by atoms with Crippen molar-refractivity contribution >= 4 is 23.4 Å². The predicted octanol–water partition coefficient (Wildman–Crippen LogP) is 3.27. The summed E-state index contributed by atoms with van der Waals surface area (Å²) in [5.41, 5.74) is 0.854. The van der Waals surface area contributed by atoms with Gasteiger partial charge in [-0.15, -0.1) is 5.10 Å². The van der Waals surface area contributed by atoms with Crippen LogP contribution >= 0.6 is 23.4 Å². The number of aliphatic hydroxyl groups is 1. The molecule has 1 fully saturated rings. The van der Waals surface area contributed by atoms with E-state index in [-0.39, 0.29) is 0 Å². The zero-order chi connectivity index (χ0) is 14.7. The average Bonchev–Trinajstić information content (AvgIpc) is 3.16. The SMILES string of the molecule is OC(CSc1nnnn1C1CCCC1)c1ccc(Cl)cc1. The summed E-state index contributed by atoms with van der Waals surface area (Å²) < 4.78 is 1.91. The number of hydrogen-bond acceptors (Lipinski definition) is 5. The van der Waals surface area contributed by atoms with Crippen LogP contribution in [0.1, 0.15) is 43.4 Å². The summed E-state index contributed by atoms with van der Waals surface area (Å²) in [4.78, 5) is 0. The molecule has 0 spiro atoms. The lowest BCUT2D eigenvalue weighted by Gasteiger charge is -2.13. The highest BCUT2D eigenvalue weighted by atomic mass is 35.5. The first kappa shape index (κ1) is 14.8. The molecule has 1 aromatic heterocycles. The van der Waals surface area contributed by atoms with Crippen LogP contribution in [0.3, 0.4) is 0 Å². The van der Waals surface area contributed by atoms with Crippen LogP contribution in [0.25, 0.3) is 0 Å². The molecular weight excluding hydrogens is 308 g/mol. The highest BCUT2D eigenvalue weighted by Gasteiger charge is 2.22. The van der Waals surface area contributed by atoms with Crippen molar-refractivity contribution in [2.45, 2.75) is 43.0 Å². The van der Waals surface area contributed by atoms with Gasteiger partial charge in [0.2, 0.25) is 5.16 Å². The van der Waals surface area contributed by atoms with Gasteiger partial charge in [-0.1, -0.05) is 48.3 Å². The normalized spacial score (nSPS) is 17.2. The van der Waals surface area contributed by atoms with Gasteiger partial charge in [-0.05, 0) is 41.0 Å². The van der Waals surface area contributed by atoms with Gasteiger partial charge in [-0.25, -0.2) is 4.68 Å². The molecule has 0 saturated heterocycles. The average molecular weight is 325 g/mol. The largest absolute Gasteiger partial charge is 0.388 e. The molecule has 3 rings (SSSR count). The van der Waals surface area contributed by atoms with Gasteiger partial charge < -0.3 is 5.11 Å². The van der Waals surface area contributed by atoms with Crippen molar-refractivity contribution in [3.8, 4) is 0 Å². The number of hydrogen-bond donors (Lipinski definition) is 1. The van der Waals surface area contributed by atoms with Crippen LogP contribution in [-0.2, 0) is 0 Å². The lowest BCUT2D eigenvalue weighted by atomic mass is 10.1. The maximum absolute atomic E-state index is 10.2. The summed E-state index contributed by atoms with van der Waals surface area (Å²) in [5.74, 6) is 0.523. The molecule has 1 aromatic carbocycles. The van der Waals surface area contributed by atoms with Crippen molar-refractivity contribution in [3.63, 3.8) is 0 Å².